The number of ether oxygens (including phenoxy) is 2. The fourth-order valence-electron chi connectivity index (χ4n) is 2.54. The highest BCUT2D eigenvalue weighted by molar-refractivity contribution is 7.09. The molecule has 3 rings (SSSR count). The van der Waals surface area contributed by atoms with Crippen molar-refractivity contribution in [3.05, 3.63) is 78.9 Å². The maximum Gasteiger partial charge on any atom is 0.180 e. The summed E-state index contributed by atoms with van der Waals surface area (Å²) in [7, 11) is 1.60. The Balaban J connectivity index is 1.66. The van der Waals surface area contributed by atoms with Crippen LogP contribution in [0.25, 0.3) is 0 Å². The first kappa shape index (κ1) is 20.3. The van der Waals surface area contributed by atoms with Crippen LogP contribution in [0.5, 0.6) is 11.5 Å². The van der Waals surface area contributed by atoms with Gasteiger partial charge >= 0.3 is 0 Å². The van der Waals surface area contributed by atoms with Crippen molar-refractivity contribution in [1.82, 2.24) is 5.32 Å². The Kier molecular flexibility index (Phi) is 7.27. The van der Waals surface area contributed by atoms with Crippen molar-refractivity contribution in [1.29, 1.82) is 0 Å². The second-order valence-corrected chi connectivity index (χ2v) is 8.08. The van der Waals surface area contributed by atoms with Crippen LogP contribution >= 0.6 is 46.1 Å². The van der Waals surface area contributed by atoms with Crippen LogP contribution in [0.1, 0.15) is 16.0 Å². The Labute approximate surface area is 177 Å². The second-order valence-electron chi connectivity index (χ2n) is 5.83. The largest absolute Gasteiger partial charge is 0.493 e. The molecule has 7 heteroatoms. The zero-order chi connectivity index (χ0) is 19.2. The topological polar surface area (TPSA) is 30.5 Å². The molecule has 0 bridgehead atoms. The summed E-state index contributed by atoms with van der Waals surface area (Å²) in [6.07, 6.45) is 0. The van der Waals surface area contributed by atoms with Gasteiger partial charge in [-0.1, -0.05) is 46.9 Å². The summed E-state index contributed by atoms with van der Waals surface area (Å²) in [6.45, 7) is 1.80. The van der Waals surface area contributed by atoms with Crippen LogP contribution in [0.15, 0.2) is 47.8 Å². The average Bonchev–Trinajstić information content (AvgIpc) is 3.16. The maximum absolute atomic E-state index is 6.44. The number of benzene rings is 2. The van der Waals surface area contributed by atoms with E-state index in [1.807, 2.05) is 24.3 Å². The predicted octanol–water partition coefficient (Wildman–Crippen LogP) is 6.59. The smallest absolute Gasteiger partial charge is 0.180 e. The lowest BCUT2D eigenvalue weighted by Crippen LogP contribution is -2.12. The fraction of sp³-hybridized carbons (Fsp3) is 0.200. The maximum atomic E-state index is 6.44. The zero-order valence-corrected chi connectivity index (χ0v) is 17.7. The van der Waals surface area contributed by atoms with Gasteiger partial charge in [-0.05, 0) is 46.8 Å². The molecule has 1 aromatic heterocycles. The van der Waals surface area contributed by atoms with Crippen LogP contribution in [0.4, 0.5) is 0 Å². The van der Waals surface area contributed by atoms with Crippen molar-refractivity contribution in [2.75, 3.05) is 7.11 Å². The van der Waals surface area contributed by atoms with Crippen molar-refractivity contribution >= 4 is 46.1 Å². The molecule has 0 saturated heterocycles. The molecule has 3 aromatic rings. The molecule has 0 saturated carbocycles. The number of halogens is 3. The lowest BCUT2D eigenvalue weighted by molar-refractivity contribution is 0.284. The summed E-state index contributed by atoms with van der Waals surface area (Å²) in [5, 5.41) is 6.97. The molecule has 0 aliphatic carbocycles. The normalized spacial score (nSPS) is 10.8. The van der Waals surface area contributed by atoms with Gasteiger partial charge in [0, 0.05) is 18.0 Å². The van der Waals surface area contributed by atoms with E-state index >= 15 is 0 Å². The molecule has 0 radical (unpaired) electrons. The number of rotatable bonds is 8. The van der Waals surface area contributed by atoms with Crippen LogP contribution in [-0.2, 0) is 19.7 Å². The third-order valence-corrected chi connectivity index (χ3v) is 5.76. The highest BCUT2D eigenvalue weighted by Crippen LogP contribution is 2.37. The number of thiophene rings is 1. The molecule has 142 valence electrons. The molecule has 3 nitrogen and oxygen atoms in total. The van der Waals surface area contributed by atoms with E-state index in [0.29, 0.717) is 39.7 Å². The molecule has 1 heterocycles. The first-order valence-electron chi connectivity index (χ1n) is 8.23. The van der Waals surface area contributed by atoms with E-state index in [9.17, 15) is 0 Å². The van der Waals surface area contributed by atoms with Crippen molar-refractivity contribution in [2.24, 2.45) is 0 Å². The van der Waals surface area contributed by atoms with Crippen molar-refractivity contribution < 1.29 is 9.47 Å². The molecule has 0 amide bonds. The van der Waals surface area contributed by atoms with Gasteiger partial charge in [0.2, 0.25) is 0 Å². The Morgan fingerprint density at radius 3 is 2.44 bits per heavy atom. The minimum absolute atomic E-state index is 0.308. The summed E-state index contributed by atoms with van der Waals surface area (Å²) in [5.41, 5.74) is 1.92. The minimum Gasteiger partial charge on any atom is -0.493 e. The van der Waals surface area contributed by atoms with Crippen LogP contribution in [0.2, 0.25) is 15.1 Å². The number of nitrogens with one attached hydrogen (secondary N) is 1. The molecular weight excluding hydrogens is 425 g/mol. The fourth-order valence-corrected chi connectivity index (χ4v) is 3.83. The molecule has 0 fully saturated rings. The molecule has 27 heavy (non-hydrogen) atoms. The van der Waals surface area contributed by atoms with Gasteiger partial charge < -0.3 is 14.8 Å². The second kappa shape index (κ2) is 9.67. The summed E-state index contributed by atoms with van der Waals surface area (Å²) in [4.78, 5) is 1.29. The van der Waals surface area contributed by atoms with Gasteiger partial charge in [0.05, 0.1) is 22.2 Å². The molecule has 0 unspecified atom stereocenters. The SMILES string of the molecule is COc1cc(CNCc2cccs2)cc(Cl)c1OCc1ccc(Cl)c(Cl)c1. The van der Waals surface area contributed by atoms with Gasteiger partial charge in [-0.3, -0.25) is 0 Å². The van der Waals surface area contributed by atoms with Crippen LogP contribution in [0.3, 0.4) is 0 Å². The summed E-state index contributed by atoms with van der Waals surface area (Å²) < 4.78 is 11.3. The first-order valence-corrected chi connectivity index (χ1v) is 10.2. The molecule has 2 aromatic carbocycles. The van der Waals surface area contributed by atoms with Gasteiger partial charge in [-0.2, -0.15) is 0 Å². The number of hydrogen-bond donors (Lipinski definition) is 1. The van der Waals surface area contributed by atoms with Gasteiger partial charge in [0.15, 0.2) is 11.5 Å². The third-order valence-electron chi connectivity index (χ3n) is 3.86. The van der Waals surface area contributed by atoms with Gasteiger partial charge in [-0.15, -0.1) is 11.3 Å². The van der Waals surface area contributed by atoms with Crippen molar-refractivity contribution in [2.45, 2.75) is 19.7 Å². The van der Waals surface area contributed by atoms with Crippen molar-refractivity contribution in [3.63, 3.8) is 0 Å². The number of methoxy groups -OCH3 is 1. The molecule has 0 aliphatic rings. The predicted molar refractivity (Wildman–Crippen MR) is 114 cm³/mol. The van der Waals surface area contributed by atoms with E-state index in [4.69, 9.17) is 44.3 Å². The van der Waals surface area contributed by atoms with Crippen LogP contribution < -0.4 is 14.8 Å². The van der Waals surface area contributed by atoms with Gasteiger partial charge in [-0.25, -0.2) is 0 Å². The summed E-state index contributed by atoms with van der Waals surface area (Å²) in [5.74, 6) is 1.10. The van der Waals surface area contributed by atoms with E-state index < -0.39 is 0 Å². The lowest BCUT2D eigenvalue weighted by atomic mass is 10.2. The minimum atomic E-state index is 0.308. The Morgan fingerprint density at radius 1 is 0.926 bits per heavy atom. The molecule has 1 N–H and O–H groups in total. The van der Waals surface area contributed by atoms with E-state index in [1.165, 1.54) is 4.88 Å². The standard InChI is InChI=1S/C20H18Cl3NO2S/c1-25-19-9-14(10-24-11-15-3-2-6-27-15)8-18(23)20(19)26-12-13-4-5-16(21)17(22)7-13/h2-9,24H,10-12H2,1H3. The molecule has 0 spiro atoms. The zero-order valence-electron chi connectivity index (χ0n) is 14.6. The van der Waals surface area contributed by atoms with E-state index in [0.717, 1.165) is 17.7 Å². The molecule has 0 aliphatic heterocycles. The summed E-state index contributed by atoms with van der Waals surface area (Å²) >= 11 is 20.2. The lowest BCUT2D eigenvalue weighted by Gasteiger charge is -2.15. The average molecular weight is 443 g/mol. The van der Waals surface area contributed by atoms with Crippen molar-refractivity contribution in [3.8, 4) is 11.5 Å². The monoisotopic (exact) mass is 441 g/mol. The van der Waals surface area contributed by atoms with Gasteiger partial charge in [0.25, 0.3) is 0 Å². The molecule has 0 atom stereocenters. The van der Waals surface area contributed by atoms with Crippen LogP contribution in [0, 0.1) is 0 Å². The Morgan fingerprint density at radius 2 is 1.74 bits per heavy atom. The number of hydrogen-bond acceptors (Lipinski definition) is 4. The third kappa shape index (κ3) is 5.53. The Bertz CT molecular complexity index is 900. The van der Waals surface area contributed by atoms with E-state index in [-0.39, 0.29) is 0 Å². The van der Waals surface area contributed by atoms with E-state index in [1.54, 1.807) is 30.6 Å². The van der Waals surface area contributed by atoms with Gasteiger partial charge in [0.1, 0.15) is 6.61 Å². The summed E-state index contributed by atoms with van der Waals surface area (Å²) in [6, 6.07) is 13.3. The highest BCUT2D eigenvalue weighted by atomic mass is 35.5. The quantitative estimate of drug-likeness (QED) is 0.427. The molecular formula is C20H18Cl3NO2S. The Hall–Kier alpha value is -1.43. The highest BCUT2D eigenvalue weighted by Gasteiger charge is 2.13. The van der Waals surface area contributed by atoms with E-state index in [2.05, 4.69) is 16.8 Å². The first-order chi connectivity index (χ1) is 13.1. The van der Waals surface area contributed by atoms with Crippen LogP contribution in [-0.4, -0.2) is 7.11 Å².